The first-order valence-corrected chi connectivity index (χ1v) is 9.98. The molecule has 8 heteroatoms. The molecule has 0 aliphatic heterocycles. The van der Waals surface area contributed by atoms with Gasteiger partial charge in [0.15, 0.2) is 0 Å². The molecule has 0 atom stereocenters. The molecular formula is C23H31ClF3NO3. The first-order chi connectivity index (χ1) is 14.1. The van der Waals surface area contributed by atoms with Crippen LogP contribution in [0.5, 0.6) is 5.75 Å². The molecule has 0 aliphatic carbocycles. The van der Waals surface area contributed by atoms with Gasteiger partial charge in [-0.25, -0.2) is 0 Å². The van der Waals surface area contributed by atoms with Gasteiger partial charge in [0.25, 0.3) is 0 Å². The number of ether oxygens (including phenoxy) is 1. The minimum absolute atomic E-state index is 0. The topological polar surface area (TPSA) is 75.7 Å². The molecule has 0 spiro atoms. The van der Waals surface area contributed by atoms with Gasteiger partial charge < -0.3 is 20.7 Å². The lowest BCUT2D eigenvalue weighted by Crippen LogP contribution is -2.47. The molecule has 0 amide bonds. The molecule has 31 heavy (non-hydrogen) atoms. The van der Waals surface area contributed by atoms with Gasteiger partial charge in [-0.3, -0.25) is 0 Å². The summed E-state index contributed by atoms with van der Waals surface area (Å²) in [6, 6.07) is 9.96. The summed E-state index contributed by atoms with van der Waals surface area (Å²) < 4.78 is 46.0. The Morgan fingerprint density at radius 2 is 1.68 bits per heavy atom. The van der Waals surface area contributed by atoms with Crippen LogP contribution in [-0.4, -0.2) is 35.6 Å². The highest BCUT2D eigenvalue weighted by Crippen LogP contribution is 2.37. The van der Waals surface area contributed by atoms with E-state index in [1.807, 2.05) is 32.0 Å². The molecule has 0 radical (unpaired) electrons. The predicted molar refractivity (Wildman–Crippen MR) is 118 cm³/mol. The van der Waals surface area contributed by atoms with Crippen LogP contribution in [0.4, 0.5) is 13.2 Å². The molecule has 0 unspecified atom stereocenters. The highest BCUT2D eigenvalue weighted by atomic mass is 35.5. The molecule has 0 heterocycles. The third kappa shape index (κ3) is 7.68. The van der Waals surface area contributed by atoms with E-state index in [4.69, 9.17) is 10.5 Å². The van der Waals surface area contributed by atoms with E-state index in [0.29, 0.717) is 12.0 Å². The van der Waals surface area contributed by atoms with Gasteiger partial charge in [0.05, 0.1) is 30.9 Å². The van der Waals surface area contributed by atoms with Crippen molar-refractivity contribution in [1.29, 1.82) is 0 Å². The van der Waals surface area contributed by atoms with Crippen molar-refractivity contribution in [3.05, 3.63) is 64.2 Å². The molecule has 0 aromatic heterocycles. The third-order valence-electron chi connectivity index (χ3n) is 5.46. The molecular weight excluding hydrogens is 431 g/mol. The average molecular weight is 462 g/mol. The van der Waals surface area contributed by atoms with Crippen molar-refractivity contribution in [2.75, 3.05) is 19.8 Å². The summed E-state index contributed by atoms with van der Waals surface area (Å²) in [7, 11) is 0. The maximum Gasteiger partial charge on any atom is 0.419 e. The molecule has 4 N–H and O–H groups in total. The van der Waals surface area contributed by atoms with Gasteiger partial charge in [0.2, 0.25) is 0 Å². The number of nitrogens with two attached hydrogens (primary N) is 1. The maximum atomic E-state index is 13.5. The summed E-state index contributed by atoms with van der Waals surface area (Å²) in [4.78, 5) is 0. The summed E-state index contributed by atoms with van der Waals surface area (Å²) in [6.45, 7) is 3.35. The Balaban J connectivity index is 0.00000480. The van der Waals surface area contributed by atoms with E-state index in [2.05, 4.69) is 0 Å². The van der Waals surface area contributed by atoms with Crippen molar-refractivity contribution in [3.8, 4) is 5.75 Å². The van der Waals surface area contributed by atoms with Crippen LogP contribution in [0, 0.1) is 13.8 Å². The van der Waals surface area contributed by atoms with E-state index in [9.17, 15) is 23.4 Å². The fourth-order valence-electron chi connectivity index (χ4n) is 3.21. The number of hydrogen-bond donors (Lipinski definition) is 3. The molecule has 0 saturated heterocycles. The lowest BCUT2D eigenvalue weighted by Gasteiger charge is -2.24. The maximum absolute atomic E-state index is 13.5. The van der Waals surface area contributed by atoms with Crippen molar-refractivity contribution < 1.29 is 28.1 Å². The minimum Gasteiger partial charge on any atom is -0.493 e. The van der Waals surface area contributed by atoms with E-state index >= 15 is 0 Å². The molecule has 0 bridgehead atoms. The number of rotatable bonds is 10. The van der Waals surface area contributed by atoms with Crippen LogP contribution >= 0.6 is 12.4 Å². The van der Waals surface area contributed by atoms with E-state index in [1.165, 1.54) is 22.8 Å². The Labute approximate surface area is 187 Å². The first-order valence-electron chi connectivity index (χ1n) is 9.98. The summed E-state index contributed by atoms with van der Waals surface area (Å²) in [5.74, 6) is -0.199. The Hall–Kier alpha value is -1.80. The predicted octanol–water partition coefficient (Wildman–Crippen LogP) is 4.37. The van der Waals surface area contributed by atoms with Crippen LogP contribution in [-0.2, 0) is 19.0 Å². The Morgan fingerprint density at radius 1 is 1.00 bits per heavy atom. The first kappa shape index (κ1) is 27.2. The molecule has 0 saturated carbocycles. The molecule has 2 aromatic rings. The number of benzene rings is 2. The van der Waals surface area contributed by atoms with Gasteiger partial charge in [-0.05, 0) is 73.9 Å². The number of alkyl halides is 3. The Bertz CT molecular complexity index is 839. The number of aryl methyl sites for hydroxylation is 3. The van der Waals surface area contributed by atoms with Gasteiger partial charge >= 0.3 is 6.18 Å². The van der Waals surface area contributed by atoms with E-state index in [1.54, 1.807) is 6.07 Å². The van der Waals surface area contributed by atoms with Crippen LogP contribution in [0.1, 0.15) is 40.7 Å². The zero-order valence-electron chi connectivity index (χ0n) is 17.8. The minimum atomic E-state index is -4.55. The van der Waals surface area contributed by atoms with Crippen LogP contribution in [0.25, 0.3) is 0 Å². The Morgan fingerprint density at radius 3 is 2.29 bits per heavy atom. The van der Waals surface area contributed by atoms with Crippen LogP contribution in [0.15, 0.2) is 36.4 Å². The molecule has 174 valence electrons. The normalized spacial score (nSPS) is 11.9. The third-order valence-corrected chi connectivity index (χ3v) is 5.46. The molecule has 2 aromatic carbocycles. The fraction of sp³-hybridized carbons (Fsp3) is 0.478. The van der Waals surface area contributed by atoms with Gasteiger partial charge in [-0.2, -0.15) is 13.2 Å². The SMILES string of the molecule is Cc1cccc(CCCOc2ccc(CCC(N)(CO)CO)cc2C(F)(F)F)c1C.Cl. The standard InChI is InChI=1S/C23H30F3NO3.ClH/c1-16-5-3-6-19(17(16)2)7-4-12-30-21-9-8-18(13-20(21)23(24,25)26)10-11-22(27,14-28)15-29;/h3,5-6,8-9,13,28-29H,4,7,10-12,14-15,27H2,1-2H3;1H. The number of hydrogen-bond acceptors (Lipinski definition) is 4. The second-order valence-electron chi connectivity index (χ2n) is 7.82. The zero-order chi connectivity index (χ0) is 22.4. The van der Waals surface area contributed by atoms with Crippen LogP contribution < -0.4 is 10.5 Å². The average Bonchev–Trinajstić information content (AvgIpc) is 2.72. The second kappa shape index (κ2) is 11.7. The lowest BCUT2D eigenvalue weighted by molar-refractivity contribution is -0.139. The van der Waals surface area contributed by atoms with Gasteiger partial charge in [0, 0.05) is 0 Å². The molecule has 0 fully saturated rings. The van der Waals surface area contributed by atoms with Crippen molar-refractivity contribution in [2.45, 2.75) is 51.2 Å². The molecule has 4 nitrogen and oxygen atoms in total. The lowest BCUT2D eigenvalue weighted by atomic mass is 9.93. The number of aliphatic hydroxyl groups is 2. The highest BCUT2D eigenvalue weighted by molar-refractivity contribution is 5.85. The van der Waals surface area contributed by atoms with E-state index in [0.717, 1.165) is 12.5 Å². The van der Waals surface area contributed by atoms with Crippen molar-refractivity contribution in [1.82, 2.24) is 0 Å². The van der Waals surface area contributed by atoms with E-state index < -0.39 is 30.5 Å². The van der Waals surface area contributed by atoms with E-state index in [-0.39, 0.29) is 37.6 Å². The van der Waals surface area contributed by atoms with Gasteiger partial charge in [-0.1, -0.05) is 24.3 Å². The highest BCUT2D eigenvalue weighted by Gasteiger charge is 2.35. The fourth-order valence-corrected chi connectivity index (χ4v) is 3.21. The second-order valence-corrected chi connectivity index (χ2v) is 7.82. The van der Waals surface area contributed by atoms with Crippen LogP contribution in [0.3, 0.4) is 0 Å². The van der Waals surface area contributed by atoms with Crippen molar-refractivity contribution in [2.24, 2.45) is 5.73 Å². The summed E-state index contributed by atoms with van der Waals surface area (Å²) in [5.41, 5.74) is 7.72. The summed E-state index contributed by atoms with van der Waals surface area (Å²) in [5, 5.41) is 18.5. The van der Waals surface area contributed by atoms with Gasteiger partial charge in [-0.15, -0.1) is 12.4 Å². The molecule has 0 aliphatic rings. The number of halogens is 4. The van der Waals surface area contributed by atoms with Gasteiger partial charge in [0.1, 0.15) is 5.75 Å². The largest absolute Gasteiger partial charge is 0.493 e. The summed E-state index contributed by atoms with van der Waals surface area (Å²) in [6.07, 6.45) is -2.85. The smallest absolute Gasteiger partial charge is 0.419 e. The Kier molecular flexibility index (Phi) is 10.3. The zero-order valence-corrected chi connectivity index (χ0v) is 18.7. The number of aliphatic hydroxyl groups excluding tert-OH is 2. The van der Waals surface area contributed by atoms with Crippen molar-refractivity contribution >= 4 is 12.4 Å². The quantitative estimate of drug-likeness (QED) is 0.459. The monoisotopic (exact) mass is 461 g/mol. The van der Waals surface area contributed by atoms with Crippen molar-refractivity contribution in [3.63, 3.8) is 0 Å². The summed E-state index contributed by atoms with van der Waals surface area (Å²) >= 11 is 0. The van der Waals surface area contributed by atoms with Crippen LogP contribution in [0.2, 0.25) is 0 Å². The molecule has 2 rings (SSSR count).